The zero-order valence-electron chi connectivity index (χ0n) is 15.4. The molecule has 0 spiro atoms. The molecule has 0 amide bonds. The predicted octanol–water partition coefficient (Wildman–Crippen LogP) is 4.71. The third-order valence-corrected chi connectivity index (χ3v) is 8.11. The molecule has 0 bridgehead atoms. The number of hydrogen-bond donors (Lipinski definition) is 0. The molecule has 5 atom stereocenters. The average molecular weight is 463 g/mol. The molecule has 1 aliphatic rings. The molecule has 1 aromatic rings. The van der Waals surface area contributed by atoms with Gasteiger partial charge in [-0.25, -0.2) is 0 Å². The summed E-state index contributed by atoms with van der Waals surface area (Å²) in [5.41, 5.74) is 1.19. The zero-order valence-corrected chi connectivity index (χ0v) is 18.3. The first-order valence-corrected chi connectivity index (χ1v) is 11.1. The van der Waals surface area contributed by atoms with Crippen LogP contribution in [0.15, 0.2) is 30.3 Å². The fraction of sp³-hybridized carbons (Fsp3) is 0.684. The Balaban J connectivity index is 2.18. The second kappa shape index (κ2) is 8.71. The van der Waals surface area contributed by atoms with Crippen LogP contribution in [0.4, 0.5) is 0 Å². The van der Waals surface area contributed by atoms with Crippen molar-refractivity contribution in [2.45, 2.75) is 80.9 Å². The molecule has 5 heteroatoms. The van der Waals surface area contributed by atoms with E-state index in [2.05, 4.69) is 52.9 Å². The molecule has 1 aliphatic heterocycles. The van der Waals surface area contributed by atoms with Gasteiger partial charge in [-0.15, -0.1) is 4.31 Å². The van der Waals surface area contributed by atoms with Crippen molar-refractivity contribution in [2.24, 2.45) is 0 Å². The van der Waals surface area contributed by atoms with Crippen LogP contribution in [-0.2, 0) is 22.6 Å². The minimum Gasteiger partial charge on any atom is -0.597 e. The van der Waals surface area contributed by atoms with E-state index in [1.807, 2.05) is 39.0 Å². The molecule has 0 aromatic heterocycles. The van der Waals surface area contributed by atoms with Gasteiger partial charge in [-0.2, -0.15) is 0 Å². The summed E-state index contributed by atoms with van der Waals surface area (Å²) in [5.74, 6) is 0. The van der Waals surface area contributed by atoms with Crippen molar-refractivity contribution < 1.29 is 9.29 Å². The topological polar surface area (TPSA) is 35.5 Å². The van der Waals surface area contributed by atoms with Crippen LogP contribution in [0.1, 0.15) is 53.0 Å². The van der Waals surface area contributed by atoms with E-state index in [0.717, 1.165) is 12.8 Å². The molecular formula is C19H30INO2S. The van der Waals surface area contributed by atoms with Crippen molar-refractivity contribution in [2.75, 3.05) is 0 Å². The van der Waals surface area contributed by atoms with E-state index in [9.17, 15) is 4.55 Å². The minimum absolute atomic E-state index is 0.122. The van der Waals surface area contributed by atoms with Crippen LogP contribution < -0.4 is 0 Å². The van der Waals surface area contributed by atoms with E-state index < -0.39 is 11.4 Å². The SMILES string of the molecule is CC1O[C@H]([C@@H](C)N(Cc2ccccc2)[S+]([O-])C(C)(C)C)CCC1I. The van der Waals surface area contributed by atoms with Crippen molar-refractivity contribution in [1.29, 1.82) is 0 Å². The summed E-state index contributed by atoms with van der Waals surface area (Å²) in [4.78, 5) is 0. The van der Waals surface area contributed by atoms with Crippen LogP contribution in [-0.4, -0.2) is 35.8 Å². The molecule has 2 rings (SSSR count). The average Bonchev–Trinajstić information content (AvgIpc) is 2.54. The Morgan fingerprint density at radius 1 is 1.29 bits per heavy atom. The van der Waals surface area contributed by atoms with Crippen molar-refractivity contribution in [3.63, 3.8) is 0 Å². The Hall–Kier alpha value is 0.180. The lowest BCUT2D eigenvalue weighted by Gasteiger charge is -2.42. The second-order valence-electron chi connectivity index (χ2n) is 7.64. The summed E-state index contributed by atoms with van der Waals surface area (Å²) in [7, 11) is 0. The third-order valence-electron chi connectivity index (χ3n) is 4.54. The monoisotopic (exact) mass is 463 g/mol. The summed E-state index contributed by atoms with van der Waals surface area (Å²) >= 11 is 1.40. The van der Waals surface area contributed by atoms with Crippen LogP contribution >= 0.6 is 22.6 Å². The van der Waals surface area contributed by atoms with Crippen LogP contribution in [0.25, 0.3) is 0 Å². The second-order valence-corrected chi connectivity index (χ2v) is 11.4. The van der Waals surface area contributed by atoms with Gasteiger partial charge in [-0.1, -0.05) is 52.9 Å². The molecule has 3 unspecified atom stereocenters. The van der Waals surface area contributed by atoms with Gasteiger partial charge in [-0.3, -0.25) is 0 Å². The van der Waals surface area contributed by atoms with Gasteiger partial charge in [0.05, 0.1) is 24.8 Å². The maximum Gasteiger partial charge on any atom is 0.137 e. The van der Waals surface area contributed by atoms with Crippen LogP contribution in [0.5, 0.6) is 0 Å². The fourth-order valence-electron chi connectivity index (χ4n) is 3.00. The molecule has 24 heavy (non-hydrogen) atoms. The first kappa shape index (κ1) is 20.5. The van der Waals surface area contributed by atoms with Gasteiger partial charge in [-0.05, 0) is 53.0 Å². The minimum atomic E-state index is -1.08. The molecule has 3 nitrogen and oxygen atoms in total. The standard InChI is InChI=1S/C19H30INO2S/c1-14(18-12-11-17(20)15(2)23-18)21(24(22)19(3,4)5)13-16-9-7-6-8-10-16/h6-10,14-15,17-18H,11-13H2,1-5H3/t14-,15?,17?,18+,24?/m1/s1. The van der Waals surface area contributed by atoms with Crippen LogP contribution in [0, 0.1) is 0 Å². The van der Waals surface area contributed by atoms with Crippen molar-refractivity contribution in [3.05, 3.63) is 35.9 Å². The quantitative estimate of drug-likeness (QED) is 0.361. The number of halogens is 1. The molecule has 0 N–H and O–H groups in total. The van der Waals surface area contributed by atoms with E-state index in [4.69, 9.17) is 4.74 Å². The van der Waals surface area contributed by atoms with Gasteiger partial charge in [0.15, 0.2) is 0 Å². The van der Waals surface area contributed by atoms with Gasteiger partial charge < -0.3 is 9.29 Å². The molecule has 1 aromatic carbocycles. The highest BCUT2D eigenvalue weighted by atomic mass is 127. The summed E-state index contributed by atoms with van der Waals surface area (Å²) in [6.07, 6.45) is 2.60. The molecule has 136 valence electrons. The third kappa shape index (κ3) is 5.34. The van der Waals surface area contributed by atoms with E-state index in [0.29, 0.717) is 10.5 Å². The first-order valence-electron chi connectivity index (χ1n) is 8.72. The van der Waals surface area contributed by atoms with E-state index in [1.54, 1.807) is 0 Å². The Morgan fingerprint density at radius 3 is 2.46 bits per heavy atom. The van der Waals surface area contributed by atoms with Gasteiger partial charge >= 0.3 is 0 Å². The molecule has 1 fully saturated rings. The number of rotatable bonds is 5. The highest BCUT2D eigenvalue weighted by molar-refractivity contribution is 14.1. The first-order chi connectivity index (χ1) is 11.2. The van der Waals surface area contributed by atoms with Crippen molar-refractivity contribution >= 4 is 34.0 Å². The maximum absolute atomic E-state index is 13.2. The van der Waals surface area contributed by atoms with Crippen molar-refractivity contribution in [1.82, 2.24) is 4.31 Å². The van der Waals surface area contributed by atoms with E-state index in [-0.39, 0.29) is 23.0 Å². The Morgan fingerprint density at radius 2 is 1.92 bits per heavy atom. The molecule has 0 aliphatic carbocycles. The lowest BCUT2D eigenvalue weighted by atomic mass is 10.00. The number of nitrogens with zero attached hydrogens (tertiary/aromatic N) is 1. The van der Waals surface area contributed by atoms with Gasteiger partial charge in [0.2, 0.25) is 0 Å². The summed E-state index contributed by atoms with van der Waals surface area (Å²) < 4.78 is 21.9. The Bertz CT molecular complexity index is 508. The fourth-order valence-corrected chi connectivity index (χ4v) is 4.93. The lowest BCUT2D eigenvalue weighted by molar-refractivity contribution is -0.0611. The highest BCUT2D eigenvalue weighted by Gasteiger charge is 2.41. The summed E-state index contributed by atoms with van der Waals surface area (Å²) in [6.45, 7) is 11.1. The molecule has 0 radical (unpaired) electrons. The largest absolute Gasteiger partial charge is 0.597 e. The van der Waals surface area contributed by atoms with Crippen LogP contribution in [0.2, 0.25) is 0 Å². The lowest BCUT2D eigenvalue weighted by Crippen LogP contribution is -2.53. The molecule has 1 saturated heterocycles. The van der Waals surface area contributed by atoms with Gasteiger partial charge in [0.1, 0.15) is 4.75 Å². The number of benzene rings is 1. The van der Waals surface area contributed by atoms with E-state index >= 15 is 0 Å². The summed E-state index contributed by atoms with van der Waals surface area (Å²) in [5, 5.41) is 0. The Kier molecular flexibility index (Phi) is 7.44. The van der Waals surface area contributed by atoms with Crippen molar-refractivity contribution in [3.8, 4) is 0 Å². The maximum atomic E-state index is 13.2. The van der Waals surface area contributed by atoms with Gasteiger partial charge in [0.25, 0.3) is 0 Å². The van der Waals surface area contributed by atoms with E-state index in [1.165, 1.54) is 5.56 Å². The number of ether oxygens (including phenoxy) is 1. The molecule has 0 saturated carbocycles. The number of hydrogen-bond acceptors (Lipinski definition) is 3. The molecule has 1 heterocycles. The smallest absolute Gasteiger partial charge is 0.137 e. The number of alkyl halides is 1. The Labute approximate surface area is 164 Å². The normalized spacial score (nSPS) is 27.9. The highest BCUT2D eigenvalue weighted by Crippen LogP contribution is 2.32. The van der Waals surface area contributed by atoms with Gasteiger partial charge in [0, 0.05) is 15.3 Å². The predicted molar refractivity (Wildman–Crippen MR) is 111 cm³/mol. The molecular weight excluding hydrogens is 433 g/mol. The zero-order chi connectivity index (χ0) is 17.9. The summed E-state index contributed by atoms with van der Waals surface area (Å²) in [6, 6.07) is 10.4. The van der Waals surface area contributed by atoms with Crippen LogP contribution in [0.3, 0.4) is 0 Å².